The third-order valence-electron chi connectivity index (χ3n) is 5.14. The fourth-order valence-electron chi connectivity index (χ4n) is 3.29. The van der Waals surface area contributed by atoms with E-state index in [4.69, 9.17) is 11.6 Å². The largest absolute Gasteiger partial charge is 0.309 e. The van der Waals surface area contributed by atoms with E-state index >= 15 is 0 Å². The average molecular weight is 470 g/mol. The molecule has 7 heteroatoms. The summed E-state index contributed by atoms with van der Waals surface area (Å²) in [7, 11) is 0. The number of halogens is 1. The molecule has 0 aliphatic carbocycles. The van der Waals surface area contributed by atoms with Crippen molar-refractivity contribution in [3.8, 4) is 0 Å². The second kappa shape index (κ2) is 12.6. The number of nitrogens with zero attached hydrogens (tertiary/aromatic N) is 2. The van der Waals surface area contributed by atoms with Gasteiger partial charge in [-0.3, -0.25) is 14.6 Å². The van der Waals surface area contributed by atoms with Crippen LogP contribution in [-0.4, -0.2) is 26.5 Å². The molecule has 0 saturated carbocycles. The molecule has 0 saturated heterocycles. The summed E-state index contributed by atoms with van der Waals surface area (Å²) in [6, 6.07) is 11.0. The zero-order chi connectivity index (χ0) is 22.8. The first-order valence-electron chi connectivity index (χ1n) is 10.9. The highest BCUT2D eigenvalue weighted by Crippen LogP contribution is 2.17. The average Bonchev–Trinajstić information content (AvgIpc) is 2.78. The van der Waals surface area contributed by atoms with Gasteiger partial charge in [0, 0.05) is 41.5 Å². The summed E-state index contributed by atoms with van der Waals surface area (Å²) in [5.41, 5.74) is 2.63. The number of aromatic amines is 1. The van der Waals surface area contributed by atoms with Gasteiger partial charge >= 0.3 is 0 Å². The highest BCUT2D eigenvalue weighted by Gasteiger charge is 2.06. The lowest BCUT2D eigenvalue weighted by Gasteiger charge is -2.05. The predicted octanol–water partition coefficient (Wildman–Crippen LogP) is 6.03. The maximum atomic E-state index is 12.3. The number of unbranched alkanes of at least 4 members (excludes halogenated alkanes) is 4. The van der Waals surface area contributed by atoms with Crippen LogP contribution in [0.5, 0.6) is 0 Å². The molecule has 168 valence electrons. The second-order valence-electron chi connectivity index (χ2n) is 7.80. The molecule has 0 fully saturated rings. The Morgan fingerprint density at radius 1 is 0.969 bits per heavy atom. The minimum Gasteiger partial charge on any atom is -0.309 e. The van der Waals surface area contributed by atoms with Crippen molar-refractivity contribution in [1.29, 1.82) is 0 Å². The van der Waals surface area contributed by atoms with Crippen LogP contribution in [0.25, 0.3) is 0 Å². The van der Waals surface area contributed by atoms with Gasteiger partial charge in [-0.25, -0.2) is 4.98 Å². The number of ketones is 1. The van der Waals surface area contributed by atoms with E-state index in [1.165, 1.54) is 0 Å². The van der Waals surface area contributed by atoms with Gasteiger partial charge in [-0.1, -0.05) is 36.9 Å². The molecule has 1 aromatic carbocycles. The smallest absolute Gasteiger partial charge is 0.264 e. The van der Waals surface area contributed by atoms with Gasteiger partial charge in [-0.05, 0) is 61.4 Å². The van der Waals surface area contributed by atoms with Crippen molar-refractivity contribution >= 4 is 29.1 Å². The number of aromatic nitrogens is 3. The van der Waals surface area contributed by atoms with Crippen LogP contribution in [0.15, 0.2) is 58.5 Å². The van der Waals surface area contributed by atoms with E-state index in [1.807, 2.05) is 25.3 Å². The first-order chi connectivity index (χ1) is 15.5. The Kier molecular flexibility index (Phi) is 9.50. The Morgan fingerprint density at radius 3 is 2.44 bits per heavy atom. The lowest BCUT2D eigenvalue weighted by Crippen LogP contribution is -2.13. The van der Waals surface area contributed by atoms with Crippen LogP contribution in [-0.2, 0) is 6.42 Å². The maximum absolute atomic E-state index is 12.3. The molecule has 2 aromatic heterocycles. The van der Waals surface area contributed by atoms with E-state index in [0.29, 0.717) is 28.6 Å². The summed E-state index contributed by atoms with van der Waals surface area (Å²) in [5, 5.41) is 0.646. The monoisotopic (exact) mass is 469 g/mol. The number of carbonyl (C=O) groups excluding carboxylic acids is 1. The number of thioether (sulfide) groups is 1. The van der Waals surface area contributed by atoms with Gasteiger partial charge < -0.3 is 4.98 Å². The van der Waals surface area contributed by atoms with Crippen molar-refractivity contribution in [3.05, 3.63) is 86.8 Å². The molecule has 2 heterocycles. The number of Topliss-reactive ketones (excluding diaryl/α,β-unsaturated/α-hetero) is 1. The van der Waals surface area contributed by atoms with Crippen LogP contribution in [0.1, 0.15) is 66.0 Å². The third-order valence-corrected chi connectivity index (χ3v) is 6.48. The van der Waals surface area contributed by atoms with Crippen LogP contribution in [0.3, 0.4) is 0 Å². The van der Waals surface area contributed by atoms with Gasteiger partial charge in [-0.15, -0.1) is 11.8 Å². The van der Waals surface area contributed by atoms with Crippen molar-refractivity contribution < 1.29 is 4.79 Å². The van der Waals surface area contributed by atoms with Gasteiger partial charge in [0.2, 0.25) is 0 Å². The molecule has 0 bridgehead atoms. The number of hydrogen-bond donors (Lipinski definition) is 1. The van der Waals surface area contributed by atoms with Gasteiger partial charge in [0.25, 0.3) is 5.56 Å². The number of nitrogens with one attached hydrogen (secondary N) is 1. The van der Waals surface area contributed by atoms with Crippen LogP contribution in [0, 0.1) is 6.92 Å². The lowest BCUT2D eigenvalue weighted by atomic mass is 10.0. The first-order valence-corrected chi connectivity index (χ1v) is 12.3. The van der Waals surface area contributed by atoms with E-state index in [-0.39, 0.29) is 11.3 Å². The Morgan fingerprint density at radius 2 is 1.72 bits per heavy atom. The quantitative estimate of drug-likeness (QED) is 0.199. The molecule has 0 radical (unpaired) electrons. The number of carbonyl (C=O) groups is 1. The Bertz CT molecular complexity index is 1070. The highest BCUT2D eigenvalue weighted by molar-refractivity contribution is 7.99. The molecule has 0 spiro atoms. The summed E-state index contributed by atoms with van der Waals surface area (Å²) >= 11 is 7.40. The van der Waals surface area contributed by atoms with E-state index < -0.39 is 0 Å². The van der Waals surface area contributed by atoms with Crippen LogP contribution in [0.4, 0.5) is 0 Å². The lowest BCUT2D eigenvalue weighted by molar-refractivity contribution is 0.0979. The molecule has 1 N–H and O–H groups in total. The minimum absolute atomic E-state index is 0.0826. The molecule has 32 heavy (non-hydrogen) atoms. The Hall–Kier alpha value is -2.44. The molecule has 3 aromatic rings. The van der Waals surface area contributed by atoms with Gasteiger partial charge in [0.1, 0.15) is 5.82 Å². The molecule has 3 rings (SSSR count). The zero-order valence-corrected chi connectivity index (χ0v) is 19.8. The summed E-state index contributed by atoms with van der Waals surface area (Å²) in [5.74, 6) is 1.71. The Balaban J connectivity index is 1.30. The molecule has 0 atom stereocenters. The van der Waals surface area contributed by atoms with Crippen molar-refractivity contribution in [3.63, 3.8) is 0 Å². The normalized spacial score (nSPS) is 10.9. The minimum atomic E-state index is -0.0826. The van der Waals surface area contributed by atoms with Gasteiger partial charge in [0.05, 0.1) is 4.90 Å². The molecule has 0 aliphatic heterocycles. The first kappa shape index (κ1) is 24.2. The van der Waals surface area contributed by atoms with E-state index in [2.05, 4.69) is 15.0 Å². The molecule has 0 aliphatic rings. The van der Waals surface area contributed by atoms with Crippen molar-refractivity contribution in [2.75, 3.05) is 5.75 Å². The number of H-pyrrole nitrogens is 1. The predicted molar refractivity (Wildman–Crippen MR) is 131 cm³/mol. The SMILES string of the molecule is Cc1ccc(Cc2ncc(SCCCCCCCC(=O)c3ccc(Cl)cc3)c(=O)[nH]2)cn1. The summed E-state index contributed by atoms with van der Waals surface area (Å²) in [4.78, 5) is 36.7. The molecular formula is C25H28ClN3O2S. The van der Waals surface area contributed by atoms with Crippen molar-refractivity contribution in [1.82, 2.24) is 15.0 Å². The number of benzene rings is 1. The van der Waals surface area contributed by atoms with E-state index in [0.717, 1.165) is 54.7 Å². The summed E-state index contributed by atoms with van der Waals surface area (Å²) in [6.07, 6.45) is 9.76. The van der Waals surface area contributed by atoms with Crippen LogP contribution < -0.4 is 5.56 Å². The zero-order valence-electron chi connectivity index (χ0n) is 18.3. The van der Waals surface area contributed by atoms with E-state index in [9.17, 15) is 9.59 Å². The number of pyridine rings is 1. The summed E-state index contributed by atoms with van der Waals surface area (Å²) in [6.45, 7) is 1.94. The van der Waals surface area contributed by atoms with Crippen LogP contribution in [0.2, 0.25) is 5.02 Å². The molecule has 5 nitrogen and oxygen atoms in total. The fraction of sp³-hybridized carbons (Fsp3) is 0.360. The topological polar surface area (TPSA) is 75.7 Å². The van der Waals surface area contributed by atoms with Crippen molar-refractivity contribution in [2.45, 2.75) is 56.8 Å². The molecular weight excluding hydrogens is 442 g/mol. The third kappa shape index (κ3) is 7.92. The molecule has 0 amide bonds. The number of hydrogen-bond acceptors (Lipinski definition) is 5. The van der Waals surface area contributed by atoms with Crippen molar-refractivity contribution in [2.24, 2.45) is 0 Å². The number of rotatable bonds is 12. The highest BCUT2D eigenvalue weighted by atomic mass is 35.5. The molecule has 0 unspecified atom stereocenters. The standard InChI is InChI=1S/C25H28ClN3O2S/c1-18-8-9-19(16-27-18)15-24-28-17-23(25(31)29-24)32-14-6-4-2-3-5-7-22(30)20-10-12-21(26)13-11-20/h8-13,16-17H,2-7,14-15H2,1H3,(H,28,29,31). The maximum Gasteiger partial charge on any atom is 0.264 e. The van der Waals surface area contributed by atoms with E-state index in [1.54, 1.807) is 42.2 Å². The van der Waals surface area contributed by atoms with Crippen LogP contribution >= 0.6 is 23.4 Å². The van der Waals surface area contributed by atoms with Gasteiger partial charge in [-0.2, -0.15) is 0 Å². The summed E-state index contributed by atoms with van der Waals surface area (Å²) < 4.78 is 0. The fourth-order valence-corrected chi connectivity index (χ4v) is 4.29. The number of aryl methyl sites for hydroxylation is 1. The van der Waals surface area contributed by atoms with Gasteiger partial charge in [0.15, 0.2) is 5.78 Å². The second-order valence-corrected chi connectivity index (χ2v) is 9.38. The Labute approximate surface area is 198 Å².